The van der Waals surface area contributed by atoms with E-state index in [1.165, 1.54) is 12.1 Å². The average molecular weight is 287 g/mol. The van der Waals surface area contributed by atoms with Gasteiger partial charge in [0, 0.05) is 10.6 Å². The van der Waals surface area contributed by atoms with Gasteiger partial charge in [0.1, 0.15) is 0 Å². The highest BCUT2D eigenvalue weighted by molar-refractivity contribution is 6.36. The first kappa shape index (κ1) is 12.9. The fourth-order valence-corrected chi connectivity index (χ4v) is 1.95. The molecule has 3 amide bonds. The molecular formula is C11H8Cl2N2O3. The maximum atomic E-state index is 11.9. The Bertz CT molecular complexity index is 529. The number of amides is 3. The van der Waals surface area contributed by atoms with Crippen LogP contribution in [0.3, 0.4) is 0 Å². The van der Waals surface area contributed by atoms with Gasteiger partial charge in [-0.25, -0.2) is 4.79 Å². The summed E-state index contributed by atoms with van der Waals surface area (Å²) in [6.45, 7) is -0.430. The Kier molecular flexibility index (Phi) is 3.54. The number of hydrogen-bond donors (Lipinski definition) is 1. The molecule has 0 unspecified atom stereocenters. The van der Waals surface area contributed by atoms with Gasteiger partial charge in [0.15, 0.2) is 5.78 Å². The van der Waals surface area contributed by atoms with Crippen molar-refractivity contribution in [2.24, 2.45) is 0 Å². The van der Waals surface area contributed by atoms with Crippen LogP contribution in [0.25, 0.3) is 0 Å². The van der Waals surface area contributed by atoms with Crippen LogP contribution in [0.15, 0.2) is 18.2 Å². The standard InChI is InChI=1S/C11H8Cl2N2O3/c12-6-1-2-8(13)7(3-6)9(16)5-15-10(17)4-14-11(15)18/h1-3H,4-5H2,(H,14,18). The molecule has 7 heteroatoms. The summed E-state index contributed by atoms with van der Waals surface area (Å²) in [6, 6.07) is 3.87. The van der Waals surface area contributed by atoms with Crippen molar-refractivity contribution in [2.75, 3.05) is 13.1 Å². The van der Waals surface area contributed by atoms with Crippen LogP contribution in [0.1, 0.15) is 10.4 Å². The molecule has 0 spiro atoms. The van der Waals surface area contributed by atoms with Gasteiger partial charge in [0.2, 0.25) is 5.91 Å². The number of benzene rings is 1. The van der Waals surface area contributed by atoms with E-state index in [9.17, 15) is 14.4 Å². The number of rotatable bonds is 3. The second kappa shape index (κ2) is 4.96. The molecule has 0 bridgehead atoms. The summed E-state index contributed by atoms with van der Waals surface area (Å²) in [7, 11) is 0. The van der Waals surface area contributed by atoms with Crippen LogP contribution in [0.4, 0.5) is 4.79 Å². The SMILES string of the molecule is O=C(CN1C(=O)CNC1=O)c1cc(Cl)ccc1Cl. The molecule has 1 aliphatic heterocycles. The van der Waals surface area contributed by atoms with Crippen LogP contribution in [0, 0.1) is 0 Å². The second-order valence-corrected chi connectivity index (χ2v) is 4.53. The van der Waals surface area contributed by atoms with E-state index in [0.29, 0.717) is 5.02 Å². The van der Waals surface area contributed by atoms with Gasteiger partial charge in [-0.1, -0.05) is 23.2 Å². The van der Waals surface area contributed by atoms with Crippen molar-refractivity contribution >= 4 is 40.9 Å². The zero-order valence-corrected chi connectivity index (χ0v) is 10.6. The van der Waals surface area contributed by atoms with Crippen molar-refractivity contribution in [1.82, 2.24) is 10.2 Å². The molecule has 1 N–H and O–H groups in total. The van der Waals surface area contributed by atoms with E-state index in [1.54, 1.807) is 6.07 Å². The van der Waals surface area contributed by atoms with E-state index < -0.39 is 17.7 Å². The fourth-order valence-electron chi connectivity index (χ4n) is 1.56. The first-order valence-corrected chi connectivity index (χ1v) is 5.81. The third-order valence-electron chi connectivity index (χ3n) is 2.47. The zero-order valence-electron chi connectivity index (χ0n) is 9.07. The van der Waals surface area contributed by atoms with Gasteiger partial charge in [-0.15, -0.1) is 0 Å². The van der Waals surface area contributed by atoms with Crippen LogP contribution in [-0.4, -0.2) is 35.7 Å². The largest absolute Gasteiger partial charge is 0.329 e. The summed E-state index contributed by atoms with van der Waals surface area (Å²) in [6.07, 6.45) is 0. The molecule has 1 saturated heterocycles. The molecule has 0 aromatic heterocycles. The smallest absolute Gasteiger partial charge is 0.325 e. The fraction of sp³-hybridized carbons (Fsp3) is 0.182. The Balaban J connectivity index is 2.19. The number of Topliss-reactive ketones (excluding diaryl/α,β-unsaturated/α-hetero) is 1. The highest BCUT2D eigenvalue weighted by Crippen LogP contribution is 2.21. The number of carbonyl (C=O) groups excluding carboxylic acids is 3. The molecule has 18 heavy (non-hydrogen) atoms. The Morgan fingerprint density at radius 2 is 2.06 bits per heavy atom. The molecule has 0 aliphatic carbocycles. The van der Waals surface area contributed by atoms with Crippen LogP contribution >= 0.6 is 23.2 Å². The summed E-state index contributed by atoms with van der Waals surface area (Å²) in [5, 5.41) is 2.92. The molecule has 1 aromatic carbocycles. The van der Waals surface area contributed by atoms with Crippen molar-refractivity contribution < 1.29 is 14.4 Å². The van der Waals surface area contributed by atoms with Gasteiger partial charge in [-0.2, -0.15) is 0 Å². The van der Waals surface area contributed by atoms with Crippen molar-refractivity contribution in [1.29, 1.82) is 0 Å². The van der Waals surface area contributed by atoms with Crippen LogP contribution in [0.2, 0.25) is 10.0 Å². The number of carbonyl (C=O) groups is 3. The van der Waals surface area contributed by atoms with Gasteiger partial charge >= 0.3 is 6.03 Å². The van der Waals surface area contributed by atoms with E-state index in [2.05, 4.69) is 5.32 Å². The van der Waals surface area contributed by atoms with Gasteiger partial charge in [0.05, 0.1) is 18.1 Å². The molecule has 94 valence electrons. The summed E-state index contributed by atoms with van der Waals surface area (Å²) in [4.78, 5) is 35.4. The van der Waals surface area contributed by atoms with Crippen molar-refractivity contribution in [2.45, 2.75) is 0 Å². The maximum absolute atomic E-state index is 11.9. The topological polar surface area (TPSA) is 66.5 Å². The van der Waals surface area contributed by atoms with Crippen molar-refractivity contribution in [3.05, 3.63) is 33.8 Å². The molecule has 1 fully saturated rings. The van der Waals surface area contributed by atoms with E-state index in [-0.39, 0.29) is 23.7 Å². The summed E-state index contributed by atoms with van der Waals surface area (Å²) in [5.74, 6) is -0.876. The molecule has 1 aliphatic rings. The zero-order chi connectivity index (χ0) is 13.3. The monoisotopic (exact) mass is 286 g/mol. The number of urea groups is 1. The Labute approximate surface area is 113 Å². The molecule has 5 nitrogen and oxygen atoms in total. The molecule has 1 heterocycles. The summed E-state index contributed by atoms with van der Waals surface area (Å²) < 4.78 is 0. The first-order valence-electron chi connectivity index (χ1n) is 5.05. The highest BCUT2D eigenvalue weighted by atomic mass is 35.5. The number of nitrogens with zero attached hydrogens (tertiary/aromatic N) is 1. The lowest BCUT2D eigenvalue weighted by atomic mass is 10.1. The van der Waals surface area contributed by atoms with E-state index in [0.717, 1.165) is 4.90 Å². The van der Waals surface area contributed by atoms with Gasteiger partial charge < -0.3 is 5.32 Å². The van der Waals surface area contributed by atoms with Crippen LogP contribution in [0.5, 0.6) is 0 Å². The lowest BCUT2D eigenvalue weighted by molar-refractivity contribution is -0.124. The number of ketones is 1. The average Bonchev–Trinajstić information content (AvgIpc) is 2.64. The quantitative estimate of drug-likeness (QED) is 0.680. The van der Waals surface area contributed by atoms with Gasteiger partial charge in [0.25, 0.3) is 0 Å². The minimum atomic E-state index is -0.577. The second-order valence-electron chi connectivity index (χ2n) is 3.69. The van der Waals surface area contributed by atoms with E-state index in [1.807, 2.05) is 0 Å². The molecule has 0 radical (unpaired) electrons. The predicted molar refractivity (Wildman–Crippen MR) is 65.9 cm³/mol. The van der Waals surface area contributed by atoms with Gasteiger partial charge in [-0.3, -0.25) is 14.5 Å². The lowest BCUT2D eigenvalue weighted by Gasteiger charge is -2.11. The summed E-state index contributed by atoms with van der Waals surface area (Å²) >= 11 is 11.6. The third kappa shape index (κ3) is 2.47. The van der Waals surface area contributed by atoms with E-state index in [4.69, 9.17) is 23.2 Å². The minimum absolute atomic E-state index is 0.0879. The Morgan fingerprint density at radius 3 is 2.67 bits per heavy atom. The van der Waals surface area contributed by atoms with Crippen molar-refractivity contribution in [3.8, 4) is 0 Å². The minimum Gasteiger partial charge on any atom is -0.329 e. The Morgan fingerprint density at radius 1 is 1.33 bits per heavy atom. The summed E-state index contributed by atoms with van der Waals surface area (Å²) in [5.41, 5.74) is 0.191. The van der Waals surface area contributed by atoms with E-state index >= 15 is 0 Å². The number of nitrogens with one attached hydrogen (secondary N) is 1. The van der Waals surface area contributed by atoms with Crippen LogP contribution in [-0.2, 0) is 4.79 Å². The first-order chi connectivity index (χ1) is 8.49. The molecule has 0 atom stereocenters. The number of imide groups is 1. The molecule has 1 aromatic rings. The molecular weight excluding hydrogens is 279 g/mol. The van der Waals surface area contributed by atoms with Gasteiger partial charge in [-0.05, 0) is 18.2 Å². The maximum Gasteiger partial charge on any atom is 0.325 e. The third-order valence-corrected chi connectivity index (χ3v) is 3.03. The Hall–Kier alpha value is -1.59. The van der Waals surface area contributed by atoms with Crippen LogP contribution < -0.4 is 5.32 Å². The molecule has 2 rings (SSSR count). The van der Waals surface area contributed by atoms with Crippen molar-refractivity contribution in [3.63, 3.8) is 0 Å². The number of hydrogen-bond acceptors (Lipinski definition) is 3. The lowest BCUT2D eigenvalue weighted by Crippen LogP contribution is -2.35. The normalized spacial score (nSPS) is 14.9. The predicted octanol–water partition coefficient (Wildman–Crippen LogP) is 1.73. The number of halogens is 2. The highest BCUT2D eigenvalue weighted by Gasteiger charge is 2.30. The molecule has 0 saturated carbocycles.